The molecule has 1 N–H and O–H groups in total. The molecule has 1 aliphatic carbocycles. The number of allylic oxidation sites excluding steroid dienone is 1. The van der Waals surface area contributed by atoms with E-state index >= 15 is 0 Å². The van der Waals surface area contributed by atoms with Crippen molar-refractivity contribution < 1.29 is 14.6 Å². The van der Waals surface area contributed by atoms with Crippen LogP contribution >= 0.6 is 11.8 Å². The lowest BCUT2D eigenvalue weighted by Gasteiger charge is -2.29. The number of rotatable bonds is 4. The first kappa shape index (κ1) is 18.6. The summed E-state index contributed by atoms with van der Waals surface area (Å²) in [7, 11) is 0. The molecule has 2 bridgehead atoms. The standard InChI is InChI=1S/C23H22N2O3S/c1-12-8-13(2)17(14(3)9-12)19-21(26)18-15-4-5-23(28-15,20(18)22(19)27)11-29-16-10-24-6-7-25-16/h4-10,15,18,20,26H,11H2,1-3H3/t15-,18-,20+,23-/m0/s1. The highest BCUT2D eigenvalue weighted by Crippen LogP contribution is 2.57. The number of hydrogen-bond donors (Lipinski definition) is 1. The highest BCUT2D eigenvalue weighted by molar-refractivity contribution is 7.99. The summed E-state index contributed by atoms with van der Waals surface area (Å²) in [5.74, 6) is -0.00959. The predicted molar refractivity (Wildman–Crippen MR) is 112 cm³/mol. The molecule has 6 heteroatoms. The maximum Gasteiger partial charge on any atom is 0.174 e. The minimum Gasteiger partial charge on any atom is -0.511 e. The fraction of sp³-hybridized carbons (Fsp3) is 0.348. The monoisotopic (exact) mass is 406 g/mol. The van der Waals surface area contributed by atoms with E-state index in [0.29, 0.717) is 11.3 Å². The van der Waals surface area contributed by atoms with Gasteiger partial charge in [-0.3, -0.25) is 9.78 Å². The number of Topliss-reactive ketones (excluding diaryl/α,β-unsaturated/α-hetero) is 1. The van der Waals surface area contributed by atoms with Crippen LogP contribution in [0.15, 0.2) is 53.7 Å². The van der Waals surface area contributed by atoms with Gasteiger partial charge in [-0.05, 0) is 37.5 Å². The van der Waals surface area contributed by atoms with Crippen LogP contribution in [0.1, 0.15) is 22.3 Å². The Bertz CT molecular complexity index is 1060. The minimum absolute atomic E-state index is 0.0193. The average molecular weight is 407 g/mol. The number of benzene rings is 1. The summed E-state index contributed by atoms with van der Waals surface area (Å²) in [6.07, 6.45) is 8.72. The van der Waals surface area contributed by atoms with Gasteiger partial charge in [0.15, 0.2) is 5.78 Å². The van der Waals surface area contributed by atoms with Crippen LogP contribution in [-0.2, 0) is 9.53 Å². The summed E-state index contributed by atoms with van der Waals surface area (Å²) in [5, 5.41) is 11.9. The third-order valence-corrected chi connectivity index (χ3v) is 7.28. The van der Waals surface area contributed by atoms with Gasteiger partial charge < -0.3 is 9.84 Å². The van der Waals surface area contributed by atoms with Crippen molar-refractivity contribution in [2.24, 2.45) is 11.8 Å². The van der Waals surface area contributed by atoms with Crippen LogP contribution in [-0.4, -0.2) is 38.3 Å². The number of carbonyl (C=O) groups is 1. The summed E-state index contributed by atoms with van der Waals surface area (Å²) in [6.45, 7) is 6.04. The van der Waals surface area contributed by atoms with E-state index in [4.69, 9.17) is 4.74 Å². The maximum absolute atomic E-state index is 13.6. The fourth-order valence-corrected chi connectivity index (χ4v) is 6.13. The van der Waals surface area contributed by atoms with Crippen LogP contribution in [0.3, 0.4) is 0 Å². The third-order valence-electron chi connectivity index (χ3n) is 6.18. The Labute approximate surface area is 173 Å². The first-order valence-corrected chi connectivity index (χ1v) is 10.7. The first-order valence-electron chi connectivity index (χ1n) is 9.73. The normalized spacial score (nSPS) is 29.8. The summed E-state index contributed by atoms with van der Waals surface area (Å²) < 4.78 is 6.26. The second kappa shape index (κ2) is 6.54. The molecule has 1 saturated heterocycles. The second-order valence-electron chi connectivity index (χ2n) is 8.13. The molecule has 0 amide bonds. The molecule has 2 aromatic rings. The first-order chi connectivity index (χ1) is 13.9. The van der Waals surface area contributed by atoms with E-state index in [1.165, 1.54) is 11.8 Å². The number of aromatic nitrogens is 2. The van der Waals surface area contributed by atoms with Gasteiger partial charge in [0.1, 0.15) is 16.4 Å². The van der Waals surface area contributed by atoms with Gasteiger partial charge in [-0.15, -0.1) is 11.8 Å². The molecule has 0 unspecified atom stereocenters. The third kappa shape index (κ3) is 2.69. The summed E-state index contributed by atoms with van der Waals surface area (Å²) in [4.78, 5) is 22.0. The molecule has 29 heavy (non-hydrogen) atoms. The predicted octanol–water partition coefficient (Wildman–Crippen LogP) is 3.99. The van der Waals surface area contributed by atoms with E-state index in [2.05, 4.69) is 22.1 Å². The molecule has 2 aliphatic heterocycles. The lowest BCUT2D eigenvalue weighted by Crippen LogP contribution is -2.40. The van der Waals surface area contributed by atoms with Gasteiger partial charge in [0.25, 0.3) is 0 Å². The van der Waals surface area contributed by atoms with Crippen LogP contribution in [0.4, 0.5) is 0 Å². The molecule has 0 spiro atoms. The smallest absolute Gasteiger partial charge is 0.174 e. The van der Waals surface area contributed by atoms with Crippen molar-refractivity contribution in [3.8, 4) is 0 Å². The zero-order valence-electron chi connectivity index (χ0n) is 16.5. The van der Waals surface area contributed by atoms with Crippen molar-refractivity contribution in [3.05, 3.63) is 70.9 Å². The Morgan fingerprint density at radius 3 is 2.66 bits per heavy atom. The summed E-state index contributed by atoms with van der Waals surface area (Å²) >= 11 is 1.52. The number of aliphatic hydroxyl groups is 1. The molecular weight excluding hydrogens is 384 g/mol. The van der Waals surface area contributed by atoms with E-state index < -0.39 is 11.5 Å². The van der Waals surface area contributed by atoms with Crippen LogP contribution in [0.2, 0.25) is 0 Å². The fourth-order valence-electron chi connectivity index (χ4n) is 5.14. The molecule has 5 rings (SSSR count). The van der Waals surface area contributed by atoms with Gasteiger partial charge in [0.2, 0.25) is 0 Å². The van der Waals surface area contributed by atoms with Gasteiger partial charge in [0, 0.05) is 18.1 Å². The van der Waals surface area contributed by atoms with E-state index in [9.17, 15) is 9.90 Å². The van der Waals surface area contributed by atoms with Gasteiger partial charge >= 0.3 is 0 Å². The van der Waals surface area contributed by atoms with Crippen LogP contribution < -0.4 is 0 Å². The van der Waals surface area contributed by atoms with Crippen molar-refractivity contribution in [1.29, 1.82) is 0 Å². The largest absolute Gasteiger partial charge is 0.511 e. The Balaban J connectivity index is 1.51. The number of nitrogens with zero attached hydrogens (tertiary/aromatic N) is 2. The average Bonchev–Trinajstić information content (AvgIpc) is 3.33. The van der Waals surface area contributed by atoms with E-state index in [0.717, 1.165) is 27.3 Å². The Morgan fingerprint density at radius 2 is 1.97 bits per heavy atom. The molecule has 3 aliphatic rings. The Morgan fingerprint density at radius 1 is 1.21 bits per heavy atom. The minimum atomic E-state index is -0.725. The van der Waals surface area contributed by atoms with E-state index in [1.54, 1.807) is 18.6 Å². The van der Waals surface area contributed by atoms with Crippen molar-refractivity contribution in [3.63, 3.8) is 0 Å². The lowest BCUT2D eigenvalue weighted by atomic mass is 9.76. The van der Waals surface area contributed by atoms with Gasteiger partial charge in [-0.1, -0.05) is 29.8 Å². The summed E-state index contributed by atoms with van der Waals surface area (Å²) in [5.41, 5.74) is 3.79. The molecule has 1 aromatic carbocycles. The lowest BCUT2D eigenvalue weighted by molar-refractivity contribution is -0.120. The molecule has 0 saturated carbocycles. The Hall–Kier alpha value is -2.44. The quantitative estimate of drug-likeness (QED) is 0.612. The number of ether oxygens (including phenoxy) is 1. The molecule has 148 valence electrons. The molecule has 1 fully saturated rings. The van der Waals surface area contributed by atoms with E-state index in [-0.39, 0.29) is 23.6 Å². The molecule has 5 nitrogen and oxygen atoms in total. The highest BCUT2D eigenvalue weighted by atomic mass is 32.2. The number of carbonyl (C=O) groups excluding carboxylic acids is 1. The number of thioether (sulfide) groups is 1. The van der Waals surface area contributed by atoms with Crippen molar-refractivity contribution in [2.75, 3.05) is 5.75 Å². The van der Waals surface area contributed by atoms with Crippen molar-refractivity contribution in [1.82, 2.24) is 9.97 Å². The molecule has 4 atom stereocenters. The van der Waals surface area contributed by atoms with Crippen molar-refractivity contribution in [2.45, 2.75) is 37.5 Å². The van der Waals surface area contributed by atoms with Crippen LogP contribution in [0.25, 0.3) is 5.57 Å². The van der Waals surface area contributed by atoms with Gasteiger partial charge in [0.05, 0.1) is 29.7 Å². The molecule has 1 aromatic heterocycles. The van der Waals surface area contributed by atoms with Crippen LogP contribution in [0, 0.1) is 32.6 Å². The number of aryl methyl sites for hydroxylation is 3. The Kier molecular flexibility index (Phi) is 4.19. The summed E-state index contributed by atoms with van der Waals surface area (Å²) in [6, 6.07) is 4.13. The van der Waals surface area contributed by atoms with Gasteiger partial charge in [-0.2, -0.15) is 0 Å². The zero-order chi connectivity index (χ0) is 20.3. The topological polar surface area (TPSA) is 72.3 Å². The molecular formula is C23H22N2O3S. The van der Waals surface area contributed by atoms with Crippen molar-refractivity contribution >= 4 is 23.1 Å². The molecule has 0 radical (unpaired) electrons. The molecule has 3 heterocycles. The zero-order valence-corrected chi connectivity index (χ0v) is 17.4. The van der Waals surface area contributed by atoms with E-state index in [1.807, 2.05) is 32.9 Å². The number of ketones is 1. The number of fused-ring (bicyclic) bond motifs is 5. The maximum atomic E-state index is 13.6. The van der Waals surface area contributed by atoms with Crippen LogP contribution in [0.5, 0.6) is 0 Å². The second-order valence-corrected chi connectivity index (χ2v) is 9.13. The number of hydrogen-bond acceptors (Lipinski definition) is 6. The SMILES string of the molecule is Cc1cc(C)c(C2=C(O)[C@H]3[C@@H]4C=C[C@@](CSc5cnccn5)(O4)[C@H]3C2=O)c(C)c1. The van der Waals surface area contributed by atoms with Gasteiger partial charge in [-0.25, -0.2) is 4.98 Å². The highest BCUT2D eigenvalue weighted by Gasteiger charge is 2.64. The number of aliphatic hydroxyl groups excluding tert-OH is 1.